The van der Waals surface area contributed by atoms with Gasteiger partial charge in [0.25, 0.3) is 0 Å². The zero-order valence-corrected chi connectivity index (χ0v) is 14.5. The highest BCUT2D eigenvalue weighted by molar-refractivity contribution is 7.98. The van der Waals surface area contributed by atoms with Crippen LogP contribution in [0, 0.1) is 0 Å². The summed E-state index contributed by atoms with van der Waals surface area (Å²) in [7, 11) is 0. The molecule has 2 aromatic heterocycles. The van der Waals surface area contributed by atoms with Crippen molar-refractivity contribution in [3.05, 3.63) is 48.5 Å². The van der Waals surface area contributed by atoms with Gasteiger partial charge >= 0.3 is 0 Å². The van der Waals surface area contributed by atoms with E-state index < -0.39 is 24.5 Å². The molecule has 0 aliphatic carbocycles. The van der Waals surface area contributed by atoms with Crippen LogP contribution in [0.25, 0.3) is 11.2 Å². The largest absolute Gasteiger partial charge is 0.394 e. The molecule has 3 N–H and O–H groups in total. The number of benzene rings is 1. The summed E-state index contributed by atoms with van der Waals surface area (Å²) in [5.74, 6) is 0.744. The molecular weight excluding hydrogens is 356 g/mol. The number of thioether (sulfide) groups is 1. The van der Waals surface area contributed by atoms with Gasteiger partial charge in [-0.15, -0.1) is 0 Å². The van der Waals surface area contributed by atoms with Crippen molar-refractivity contribution >= 4 is 22.9 Å². The van der Waals surface area contributed by atoms with E-state index in [1.165, 1.54) is 18.2 Å². The Morgan fingerprint density at radius 3 is 2.62 bits per heavy atom. The Kier molecular flexibility index (Phi) is 4.88. The highest BCUT2D eigenvalue weighted by Crippen LogP contribution is 2.33. The van der Waals surface area contributed by atoms with E-state index in [4.69, 9.17) is 4.74 Å². The van der Waals surface area contributed by atoms with Gasteiger partial charge in [0.05, 0.1) is 12.9 Å². The van der Waals surface area contributed by atoms with E-state index in [2.05, 4.69) is 15.0 Å². The first-order valence-electron chi connectivity index (χ1n) is 8.15. The molecule has 4 rings (SSSR count). The molecule has 4 atom stereocenters. The predicted molar refractivity (Wildman–Crippen MR) is 94.3 cm³/mol. The maximum atomic E-state index is 10.2. The molecular formula is C17H18N4O4S. The van der Waals surface area contributed by atoms with Gasteiger partial charge in [0, 0.05) is 5.75 Å². The summed E-state index contributed by atoms with van der Waals surface area (Å²) >= 11 is 1.55. The van der Waals surface area contributed by atoms with Crippen LogP contribution in [0.4, 0.5) is 0 Å². The van der Waals surface area contributed by atoms with Crippen molar-refractivity contribution in [1.82, 2.24) is 19.5 Å². The molecule has 9 heteroatoms. The second-order valence-corrected chi connectivity index (χ2v) is 6.97. The lowest BCUT2D eigenvalue weighted by Crippen LogP contribution is -2.33. The van der Waals surface area contributed by atoms with E-state index in [1.807, 2.05) is 30.3 Å². The summed E-state index contributed by atoms with van der Waals surface area (Å²) in [6.07, 6.45) is -1.12. The fourth-order valence-electron chi connectivity index (χ4n) is 2.96. The lowest BCUT2D eigenvalue weighted by molar-refractivity contribution is -0.0511. The van der Waals surface area contributed by atoms with Crippen LogP contribution < -0.4 is 0 Å². The molecule has 3 aromatic rings. The number of imidazole rings is 1. The van der Waals surface area contributed by atoms with E-state index in [0.717, 1.165) is 10.8 Å². The van der Waals surface area contributed by atoms with Gasteiger partial charge in [-0.2, -0.15) is 0 Å². The molecule has 1 fully saturated rings. The second kappa shape index (κ2) is 7.29. The normalized spacial score (nSPS) is 25.8. The lowest BCUT2D eigenvalue weighted by Gasteiger charge is -2.16. The number of nitrogens with zero attached hydrogens (tertiary/aromatic N) is 4. The number of rotatable bonds is 5. The minimum absolute atomic E-state index is 0.380. The smallest absolute Gasteiger partial charge is 0.166 e. The summed E-state index contributed by atoms with van der Waals surface area (Å²) < 4.78 is 7.13. The molecule has 0 saturated carbocycles. The van der Waals surface area contributed by atoms with Gasteiger partial charge in [-0.25, -0.2) is 15.0 Å². The Hall–Kier alpha value is -2.04. The van der Waals surface area contributed by atoms with Crippen molar-refractivity contribution < 1.29 is 20.1 Å². The summed E-state index contributed by atoms with van der Waals surface area (Å²) in [4.78, 5) is 12.9. The number of hydrogen-bond donors (Lipinski definition) is 3. The van der Waals surface area contributed by atoms with Crippen molar-refractivity contribution in [2.24, 2.45) is 0 Å². The van der Waals surface area contributed by atoms with Crippen LogP contribution in [-0.4, -0.2) is 59.8 Å². The van der Waals surface area contributed by atoms with E-state index in [1.54, 1.807) is 16.3 Å². The van der Waals surface area contributed by atoms with Crippen LogP contribution in [0.3, 0.4) is 0 Å². The van der Waals surface area contributed by atoms with E-state index in [-0.39, 0.29) is 6.61 Å². The van der Waals surface area contributed by atoms with Gasteiger partial charge < -0.3 is 20.1 Å². The van der Waals surface area contributed by atoms with Crippen molar-refractivity contribution in [3.8, 4) is 0 Å². The van der Waals surface area contributed by atoms with Crippen molar-refractivity contribution in [3.63, 3.8) is 0 Å². The first kappa shape index (κ1) is 17.4. The molecule has 1 saturated heterocycles. The maximum absolute atomic E-state index is 10.2. The van der Waals surface area contributed by atoms with Crippen LogP contribution in [0.2, 0.25) is 0 Å². The Morgan fingerprint density at radius 1 is 1.08 bits per heavy atom. The Balaban J connectivity index is 1.61. The SMILES string of the molecule is OC[C@@H]1O[C@H](n2cnc3c(SCc4ccccc4)ncnc32)[C@H](O)[C@@H]1O. The van der Waals surface area contributed by atoms with Crippen LogP contribution >= 0.6 is 11.8 Å². The molecule has 3 heterocycles. The van der Waals surface area contributed by atoms with Gasteiger partial charge in [0.2, 0.25) is 0 Å². The molecule has 1 aliphatic heterocycles. The minimum atomic E-state index is -1.18. The van der Waals surface area contributed by atoms with Gasteiger partial charge in [0.1, 0.15) is 35.2 Å². The van der Waals surface area contributed by atoms with Crippen LogP contribution in [0.15, 0.2) is 48.0 Å². The van der Waals surface area contributed by atoms with Crippen LogP contribution in [0.1, 0.15) is 11.8 Å². The molecule has 0 spiro atoms. The number of aliphatic hydroxyl groups excluding tert-OH is 3. The van der Waals surface area contributed by atoms with Crippen molar-refractivity contribution in [1.29, 1.82) is 0 Å². The molecule has 26 heavy (non-hydrogen) atoms. The molecule has 1 aromatic carbocycles. The van der Waals surface area contributed by atoms with E-state index >= 15 is 0 Å². The van der Waals surface area contributed by atoms with Gasteiger partial charge in [0.15, 0.2) is 11.9 Å². The number of aliphatic hydroxyl groups is 3. The quantitative estimate of drug-likeness (QED) is 0.442. The lowest BCUT2D eigenvalue weighted by atomic mass is 10.1. The van der Waals surface area contributed by atoms with Crippen molar-refractivity contribution in [2.45, 2.75) is 35.3 Å². The van der Waals surface area contributed by atoms with E-state index in [0.29, 0.717) is 11.2 Å². The zero-order chi connectivity index (χ0) is 18.1. The molecule has 8 nitrogen and oxygen atoms in total. The predicted octanol–water partition coefficient (Wildman–Crippen LogP) is 0.730. The fraction of sp³-hybridized carbons (Fsp3) is 0.353. The fourth-order valence-corrected chi connectivity index (χ4v) is 3.86. The third-order valence-corrected chi connectivity index (χ3v) is 5.38. The first-order chi connectivity index (χ1) is 12.7. The summed E-state index contributed by atoms with van der Waals surface area (Å²) in [5, 5.41) is 30.2. The number of aromatic nitrogens is 4. The minimum Gasteiger partial charge on any atom is -0.394 e. The summed E-state index contributed by atoms with van der Waals surface area (Å²) in [5.41, 5.74) is 2.28. The zero-order valence-electron chi connectivity index (χ0n) is 13.7. The standard InChI is InChI=1S/C17H18N4O4S/c22-6-11-13(23)14(24)17(25-11)21-9-20-12-15(21)18-8-19-16(12)26-7-10-4-2-1-3-5-10/h1-5,8-9,11,13-14,17,22-24H,6-7H2/t11-,13+,14+,17-/m0/s1. The Bertz CT molecular complexity index is 891. The van der Waals surface area contributed by atoms with Crippen molar-refractivity contribution in [2.75, 3.05) is 6.61 Å². The van der Waals surface area contributed by atoms with Crippen LogP contribution in [-0.2, 0) is 10.5 Å². The average molecular weight is 374 g/mol. The number of ether oxygens (including phenoxy) is 1. The van der Waals surface area contributed by atoms with Gasteiger partial charge in [-0.1, -0.05) is 42.1 Å². The highest BCUT2D eigenvalue weighted by atomic mass is 32.2. The Morgan fingerprint density at radius 2 is 1.88 bits per heavy atom. The third kappa shape index (κ3) is 3.08. The van der Waals surface area contributed by atoms with E-state index in [9.17, 15) is 15.3 Å². The molecule has 0 radical (unpaired) electrons. The average Bonchev–Trinajstić information content (AvgIpc) is 3.23. The molecule has 0 bridgehead atoms. The van der Waals surface area contributed by atoms with Crippen LogP contribution in [0.5, 0.6) is 0 Å². The Labute approximate surface area is 153 Å². The number of fused-ring (bicyclic) bond motifs is 1. The third-order valence-electron chi connectivity index (χ3n) is 4.33. The summed E-state index contributed by atoms with van der Waals surface area (Å²) in [6.45, 7) is -0.380. The summed E-state index contributed by atoms with van der Waals surface area (Å²) in [6, 6.07) is 10.0. The highest BCUT2D eigenvalue weighted by Gasteiger charge is 2.44. The van der Waals surface area contributed by atoms with Gasteiger partial charge in [-0.3, -0.25) is 4.57 Å². The first-order valence-corrected chi connectivity index (χ1v) is 9.14. The second-order valence-electron chi connectivity index (χ2n) is 6.01. The molecule has 136 valence electrons. The molecule has 1 aliphatic rings. The number of hydrogen-bond acceptors (Lipinski definition) is 8. The monoisotopic (exact) mass is 374 g/mol. The van der Waals surface area contributed by atoms with Gasteiger partial charge in [-0.05, 0) is 5.56 Å². The molecule has 0 amide bonds. The topological polar surface area (TPSA) is 114 Å². The maximum Gasteiger partial charge on any atom is 0.166 e. The molecule has 0 unspecified atom stereocenters.